The molecule has 0 aliphatic carbocycles. The Bertz CT molecular complexity index is 1000. The van der Waals surface area contributed by atoms with Crippen LogP contribution in [0.25, 0.3) is 0 Å². The van der Waals surface area contributed by atoms with E-state index in [9.17, 15) is 9.59 Å². The van der Waals surface area contributed by atoms with E-state index in [0.717, 1.165) is 24.0 Å². The van der Waals surface area contributed by atoms with Crippen LogP contribution in [0.15, 0.2) is 53.6 Å². The fraction of sp³-hybridized carbons (Fsp3) is 0.182. The minimum Gasteiger partial charge on any atom is -0.375 e. The van der Waals surface area contributed by atoms with Gasteiger partial charge in [0.1, 0.15) is 0 Å². The SMILES string of the molecule is NC(=S)NN=Cc1cccc(C#CCCCCN2C(=O)c3ccccc3C2=O)c1. The largest absolute Gasteiger partial charge is 0.375 e. The van der Waals surface area contributed by atoms with Gasteiger partial charge in [-0.1, -0.05) is 36.1 Å². The van der Waals surface area contributed by atoms with Gasteiger partial charge in [0.05, 0.1) is 17.3 Å². The first-order valence-electron chi connectivity index (χ1n) is 9.19. The summed E-state index contributed by atoms with van der Waals surface area (Å²) in [6, 6.07) is 14.6. The van der Waals surface area contributed by atoms with Crippen LogP contribution in [0.4, 0.5) is 0 Å². The molecule has 146 valence electrons. The molecule has 7 heteroatoms. The molecule has 2 amide bonds. The molecule has 0 bridgehead atoms. The van der Waals surface area contributed by atoms with E-state index in [0.29, 0.717) is 24.1 Å². The van der Waals surface area contributed by atoms with Crippen LogP contribution in [-0.2, 0) is 0 Å². The van der Waals surface area contributed by atoms with Crippen LogP contribution in [-0.4, -0.2) is 34.6 Å². The summed E-state index contributed by atoms with van der Waals surface area (Å²) in [6.07, 6.45) is 3.83. The first kappa shape index (κ1) is 20.2. The highest BCUT2D eigenvalue weighted by molar-refractivity contribution is 7.80. The molecule has 1 heterocycles. The number of amides is 2. The zero-order chi connectivity index (χ0) is 20.6. The fourth-order valence-electron chi connectivity index (χ4n) is 2.96. The average molecular weight is 404 g/mol. The molecule has 29 heavy (non-hydrogen) atoms. The number of thiocarbonyl (C=S) groups is 1. The molecule has 1 aliphatic rings. The van der Waals surface area contributed by atoms with E-state index in [2.05, 4.69) is 34.6 Å². The van der Waals surface area contributed by atoms with E-state index in [-0.39, 0.29) is 16.9 Å². The lowest BCUT2D eigenvalue weighted by Crippen LogP contribution is -2.30. The molecule has 0 saturated carbocycles. The molecular weight excluding hydrogens is 384 g/mol. The molecule has 6 nitrogen and oxygen atoms in total. The Balaban J connectivity index is 1.46. The van der Waals surface area contributed by atoms with Crippen molar-refractivity contribution >= 4 is 35.4 Å². The van der Waals surface area contributed by atoms with E-state index in [1.54, 1.807) is 30.5 Å². The molecule has 0 radical (unpaired) electrons. The lowest BCUT2D eigenvalue weighted by atomic mass is 10.1. The van der Waals surface area contributed by atoms with E-state index < -0.39 is 0 Å². The summed E-state index contributed by atoms with van der Waals surface area (Å²) in [7, 11) is 0. The molecule has 0 atom stereocenters. The van der Waals surface area contributed by atoms with Crippen LogP contribution < -0.4 is 11.2 Å². The number of carbonyl (C=O) groups excluding carboxylic acids is 2. The maximum atomic E-state index is 12.3. The maximum absolute atomic E-state index is 12.3. The molecular formula is C22H20N4O2S. The summed E-state index contributed by atoms with van der Waals surface area (Å²) >= 11 is 4.69. The molecule has 0 unspecified atom stereocenters. The van der Waals surface area contributed by atoms with Gasteiger partial charge < -0.3 is 5.73 Å². The van der Waals surface area contributed by atoms with E-state index in [1.165, 1.54) is 4.90 Å². The van der Waals surface area contributed by atoms with Crippen molar-refractivity contribution in [2.75, 3.05) is 6.54 Å². The van der Waals surface area contributed by atoms with Crippen LogP contribution in [0.1, 0.15) is 51.1 Å². The third-order valence-electron chi connectivity index (χ3n) is 4.32. The monoisotopic (exact) mass is 404 g/mol. The number of rotatable bonds is 6. The second-order valence-electron chi connectivity index (χ2n) is 6.43. The van der Waals surface area contributed by atoms with Crippen molar-refractivity contribution in [3.63, 3.8) is 0 Å². The van der Waals surface area contributed by atoms with Crippen LogP contribution in [0, 0.1) is 11.8 Å². The van der Waals surface area contributed by atoms with Gasteiger partial charge in [-0.05, 0) is 54.9 Å². The standard InChI is InChI=1S/C22H20N4O2S/c23-22(29)25-24-15-17-10-7-9-16(14-17)8-3-1-2-6-13-26-20(27)18-11-4-5-12-19(18)21(26)28/h4-5,7,9-12,14-15H,1-2,6,13H2,(H3,23,25,29). The van der Waals surface area contributed by atoms with Crippen LogP contribution >= 0.6 is 12.2 Å². The third-order valence-corrected chi connectivity index (χ3v) is 4.41. The summed E-state index contributed by atoms with van der Waals surface area (Å²) in [5.74, 6) is 5.83. The number of hydrazone groups is 1. The predicted molar refractivity (Wildman–Crippen MR) is 116 cm³/mol. The average Bonchev–Trinajstić information content (AvgIpc) is 2.95. The van der Waals surface area contributed by atoms with Crippen LogP contribution in [0.3, 0.4) is 0 Å². The molecule has 0 saturated heterocycles. The quantitative estimate of drug-likeness (QED) is 0.193. The number of nitrogens with zero attached hydrogens (tertiary/aromatic N) is 2. The van der Waals surface area contributed by atoms with Crippen LogP contribution in [0.5, 0.6) is 0 Å². The molecule has 0 fully saturated rings. The van der Waals surface area contributed by atoms with Crippen molar-refractivity contribution in [3.8, 4) is 11.8 Å². The number of hydrogen-bond donors (Lipinski definition) is 2. The Labute approximate surface area is 174 Å². The first-order chi connectivity index (χ1) is 14.1. The second kappa shape index (κ2) is 9.62. The number of hydrogen-bond acceptors (Lipinski definition) is 4. The highest BCUT2D eigenvalue weighted by Crippen LogP contribution is 2.22. The van der Waals surface area contributed by atoms with E-state index in [1.807, 2.05) is 24.3 Å². The number of imide groups is 1. The van der Waals surface area contributed by atoms with Crippen molar-refractivity contribution in [1.29, 1.82) is 0 Å². The van der Waals surface area contributed by atoms with E-state index >= 15 is 0 Å². The second-order valence-corrected chi connectivity index (χ2v) is 6.87. The number of fused-ring (bicyclic) bond motifs is 1. The zero-order valence-electron chi connectivity index (χ0n) is 15.7. The molecule has 0 spiro atoms. The van der Waals surface area contributed by atoms with Crippen molar-refractivity contribution in [2.24, 2.45) is 10.8 Å². The predicted octanol–water partition coefficient (Wildman–Crippen LogP) is 2.67. The topological polar surface area (TPSA) is 87.8 Å². The van der Waals surface area contributed by atoms with Crippen molar-refractivity contribution in [3.05, 3.63) is 70.8 Å². The van der Waals surface area contributed by atoms with Gasteiger partial charge in [0.25, 0.3) is 11.8 Å². The number of unbranched alkanes of at least 4 members (excludes halogenated alkanes) is 2. The van der Waals surface area contributed by atoms with Gasteiger partial charge in [-0.2, -0.15) is 5.10 Å². The third kappa shape index (κ3) is 5.27. The summed E-state index contributed by atoms with van der Waals surface area (Å²) < 4.78 is 0. The summed E-state index contributed by atoms with van der Waals surface area (Å²) in [5.41, 5.74) is 10.6. The number of benzene rings is 2. The normalized spacial score (nSPS) is 12.6. The van der Waals surface area contributed by atoms with Gasteiger partial charge in [0.15, 0.2) is 5.11 Å². The molecule has 2 aromatic carbocycles. The Morgan fingerprint density at radius 3 is 2.52 bits per heavy atom. The van der Waals surface area contributed by atoms with Gasteiger partial charge >= 0.3 is 0 Å². The minimum absolute atomic E-state index is 0.110. The molecule has 0 aromatic heterocycles. The summed E-state index contributed by atoms with van der Waals surface area (Å²) in [6.45, 7) is 0.413. The fourth-order valence-corrected chi connectivity index (χ4v) is 3.01. The summed E-state index contributed by atoms with van der Waals surface area (Å²) in [5, 5.41) is 4.03. The Morgan fingerprint density at radius 2 is 1.83 bits per heavy atom. The zero-order valence-corrected chi connectivity index (χ0v) is 16.5. The summed E-state index contributed by atoms with van der Waals surface area (Å²) in [4.78, 5) is 25.9. The van der Waals surface area contributed by atoms with Crippen molar-refractivity contribution in [2.45, 2.75) is 19.3 Å². The Morgan fingerprint density at radius 1 is 1.10 bits per heavy atom. The smallest absolute Gasteiger partial charge is 0.261 e. The minimum atomic E-state index is -0.208. The first-order valence-corrected chi connectivity index (χ1v) is 9.60. The number of nitrogens with two attached hydrogens (primary N) is 1. The maximum Gasteiger partial charge on any atom is 0.261 e. The van der Waals surface area contributed by atoms with Gasteiger partial charge in [-0.3, -0.25) is 19.9 Å². The van der Waals surface area contributed by atoms with Gasteiger partial charge in [-0.25, -0.2) is 0 Å². The van der Waals surface area contributed by atoms with Crippen molar-refractivity contribution in [1.82, 2.24) is 10.3 Å². The highest BCUT2D eigenvalue weighted by Gasteiger charge is 2.34. The van der Waals surface area contributed by atoms with Gasteiger partial charge in [0.2, 0.25) is 0 Å². The van der Waals surface area contributed by atoms with Crippen molar-refractivity contribution < 1.29 is 9.59 Å². The lowest BCUT2D eigenvalue weighted by Gasteiger charge is -2.12. The number of nitrogens with one attached hydrogen (secondary N) is 1. The van der Waals surface area contributed by atoms with Gasteiger partial charge in [-0.15, -0.1) is 0 Å². The molecule has 3 rings (SSSR count). The molecule has 1 aliphatic heterocycles. The Hall–Kier alpha value is -3.50. The Kier molecular flexibility index (Phi) is 6.72. The van der Waals surface area contributed by atoms with E-state index in [4.69, 9.17) is 5.73 Å². The molecule has 3 N–H and O–H groups in total. The van der Waals surface area contributed by atoms with Crippen LogP contribution in [0.2, 0.25) is 0 Å². The molecule has 2 aromatic rings. The van der Waals surface area contributed by atoms with Gasteiger partial charge in [0, 0.05) is 18.5 Å². The lowest BCUT2D eigenvalue weighted by molar-refractivity contribution is 0.0652. The number of carbonyl (C=O) groups is 2. The highest BCUT2D eigenvalue weighted by atomic mass is 32.1.